The van der Waals surface area contributed by atoms with Gasteiger partial charge in [0.1, 0.15) is 5.82 Å². The summed E-state index contributed by atoms with van der Waals surface area (Å²) in [6.45, 7) is 0. The van der Waals surface area contributed by atoms with Crippen molar-refractivity contribution in [2.24, 2.45) is 0 Å². The second-order valence-electron chi connectivity index (χ2n) is 5.09. The van der Waals surface area contributed by atoms with Crippen LogP contribution < -0.4 is 5.32 Å². The Hall–Kier alpha value is -3.06. The minimum Gasteiger partial charge on any atom is -0.296 e. The topological polar surface area (TPSA) is 59.3 Å². The van der Waals surface area contributed by atoms with Crippen molar-refractivity contribution in [3.8, 4) is 11.3 Å². The van der Waals surface area contributed by atoms with Gasteiger partial charge in [0.15, 0.2) is 0 Å². The van der Waals surface area contributed by atoms with E-state index in [1.54, 1.807) is 16.8 Å². The van der Waals surface area contributed by atoms with Crippen LogP contribution in [0.4, 0.5) is 9.52 Å². The molecule has 0 aliphatic heterocycles. The van der Waals surface area contributed by atoms with Crippen molar-refractivity contribution in [2.45, 2.75) is 0 Å². The predicted molar refractivity (Wildman–Crippen MR) is 90.7 cm³/mol. The van der Waals surface area contributed by atoms with Gasteiger partial charge in [0.05, 0.1) is 11.9 Å². The van der Waals surface area contributed by atoms with Gasteiger partial charge in [-0.25, -0.2) is 13.9 Å². The Morgan fingerprint density at radius 1 is 1.12 bits per heavy atom. The zero-order valence-corrected chi connectivity index (χ0v) is 13.1. The molecule has 7 heteroatoms. The quantitative estimate of drug-likeness (QED) is 0.617. The molecule has 0 saturated carbocycles. The van der Waals surface area contributed by atoms with E-state index in [0.717, 1.165) is 11.3 Å². The van der Waals surface area contributed by atoms with Crippen LogP contribution in [0, 0.1) is 5.82 Å². The first-order valence-corrected chi connectivity index (χ1v) is 7.99. The minimum atomic E-state index is -0.455. The molecule has 0 unspecified atom stereocenters. The summed E-state index contributed by atoms with van der Waals surface area (Å²) in [5, 5.41) is 7.36. The number of imidazole rings is 1. The third kappa shape index (κ3) is 2.77. The maximum Gasteiger partial charge on any atom is 0.257 e. The maximum atomic E-state index is 13.2. The van der Waals surface area contributed by atoms with Crippen LogP contribution in [-0.2, 0) is 0 Å². The van der Waals surface area contributed by atoms with E-state index in [4.69, 9.17) is 0 Å². The molecule has 0 saturated heterocycles. The molecular formula is C17H11FN4OS. The Kier molecular flexibility index (Phi) is 3.55. The van der Waals surface area contributed by atoms with Crippen molar-refractivity contribution in [3.63, 3.8) is 0 Å². The van der Waals surface area contributed by atoms with Gasteiger partial charge in [-0.2, -0.15) is 0 Å². The highest BCUT2D eigenvalue weighted by molar-refractivity contribution is 7.20. The maximum absolute atomic E-state index is 13.2. The van der Waals surface area contributed by atoms with E-state index in [2.05, 4.69) is 15.4 Å². The molecule has 2 aromatic heterocycles. The molecule has 24 heavy (non-hydrogen) atoms. The molecule has 0 atom stereocenters. The Labute approximate surface area is 140 Å². The second-order valence-corrected chi connectivity index (χ2v) is 6.05. The van der Waals surface area contributed by atoms with E-state index in [-0.39, 0.29) is 5.56 Å². The fourth-order valence-electron chi connectivity index (χ4n) is 2.30. The van der Waals surface area contributed by atoms with E-state index in [1.165, 1.54) is 29.5 Å². The lowest BCUT2D eigenvalue weighted by molar-refractivity contribution is 0.102. The number of rotatable bonds is 3. The lowest BCUT2D eigenvalue weighted by Crippen LogP contribution is -2.12. The number of carbonyl (C=O) groups excluding carboxylic acids is 1. The third-order valence-corrected chi connectivity index (χ3v) is 4.26. The minimum absolute atomic E-state index is 0.243. The fraction of sp³-hybridized carbons (Fsp3) is 0. The van der Waals surface area contributed by atoms with Gasteiger partial charge < -0.3 is 0 Å². The number of hydrogen-bond donors (Lipinski definition) is 1. The average molecular weight is 338 g/mol. The molecule has 4 rings (SSSR count). The van der Waals surface area contributed by atoms with Gasteiger partial charge in [-0.1, -0.05) is 47.7 Å². The summed E-state index contributed by atoms with van der Waals surface area (Å²) in [4.78, 5) is 17.3. The Bertz CT molecular complexity index is 994. The molecule has 0 spiro atoms. The normalized spacial score (nSPS) is 10.9. The number of aromatic nitrogens is 3. The van der Waals surface area contributed by atoms with Crippen LogP contribution in [0.15, 0.2) is 60.8 Å². The number of nitrogens with one attached hydrogen (secondary N) is 1. The van der Waals surface area contributed by atoms with Crippen molar-refractivity contribution in [2.75, 3.05) is 5.32 Å². The number of carbonyl (C=O) groups is 1. The molecule has 0 aliphatic carbocycles. The van der Waals surface area contributed by atoms with E-state index in [1.807, 2.05) is 30.3 Å². The largest absolute Gasteiger partial charge is 0.296 e. The van der Waals surface area contributed by atoms with E-state index < -0.39 is 11.7 Å². The van der Waals surface area contributed by atoms with Gasteiger partial charge in [0.25, 0.3) is 5.91 Å². The number of hydrogen-bond acceptors (Lipinski definition) is 4. The molecule has 0 radical (unpaired) electrons. The average Bonchev–Trinajstić information content (AvgIpc) is 3.14. The molecule has 4 aromatic rings. The molecule has 0 bridgehead atoms. The molecule has 5 nitrogen and oxygen atoms in total. The monoisotopic (exact) mass is 338 g/mol. The first-order chi connectivity index (χ1) is 11.7. The van der Waals surface area contributed by atoms with E-state index in [0.29, 0.717) is 10.1 Å². The number of benzene rings is 2. The highest BCUT2D eigenvalue weighted by atomic mass is 32.1. The number of nitrogens with zero attached hydrogens (tertiary/aromatic N) is 3. The molecular weight excluding hydrogens is 327 g/mol. The molecule has 2 aromatic carbocycles. The van der Waals surface area contributed by atoms with Crippen molar-refractivity contribution in [1.82, 2.24) is 14.6 Å². The summed E-state index contributed by atoms with van der Waals surface area (Å²) in [5.41, 5.74) is 2.06. The lowest BCUT2D eigenvalue weighted by atomic mass is 10.2. The van der Waals surface area contributed by atoms with Gasteiger partial charge >= 0.3 is 0 Å². The van der Waals surface area contributed by atoms with Gasteiger partial charge in [0, 0.05) is 11.1 Å². The van der Waals surface area contributed by atoms with Gasteiger partial charge in [-0.3, -0.25) is 10.1 Å². The van der Waals surface area contributed by atoms with Crippen LogP contribution in [0.1, 0.15) is 10.4 Å². The van der Waals surface area contributed by atoms with Gasteiger partial charge in [-0.05, 0) is 18.2 Å². The highest BCUT2D eigenvalue weighted by Gasteiger charge is 2.13. The smallest absolute Gasteiger partial charge is 0.257 e. The number of anilines is 1. The van der Waals surface area contributed by atoms with Crippen LogP contribution in [0.5, 0.6) is 0 Å². The molecule has 0 aliphatic rings. The zero-order chi connectivity index (χ0) is 16.5. The molecule has 2 heterocycles. The zero-order valence-electron chi connectivity index (χ0n) is 12.3. The number of amides is 1. The summed E-state index contributed by atoms with van der Waals surface area (Å²) in [5.74, 6) is -0.862. The summed E-state index contributed by atoms with van der Waals surface area (Å²) < 4.78 is 14.8. The van der Waals surface area contributed by atoms with Crippen molar-refractivity contribution in [1.29, 1.82) is 0 Å². The Morgan fingerprint density at radius 3 is 2.71 bits per heavy atom. The summed E-state index contributed by atoms with van der Waals surface area (Å²) in [7, 11) is 0. The SMILES string of the molecule is O=C(Nc1nn2cc(-c3ccccc3)nc2s1)c1cccc(F)c1. The van der Waals surface area contributed by atoms with Crippen LogP contribution >= 0.6 is 11.3 Å². The van der Waals surface area contributed by atoms with Crippen molar-refractivity contribution >= 4 is 27.3 Å². The first kappa shape index (κ1) is 14.5. The van der Waals surface area contributed by atoms with Crippen molar-refractivity contribution < 1.29 is 9.18 Å². The summed E-state index contributed by atoms with van der Waals surface area (Å²) >= 11 is 1.26. The Morgan fingerprint density at radius 2 is 1.96 bits per heavy atom. The molecule has 0 fully saturated rings. The van der Waals surface area contributed by atoms with Gasteiger partial charge in [0.2, 0.25) is 10.1 Å². The van der Waals surface area contributed by atoms with Crippen molar-refractivity contribution in [3.05, 3.63) is 72.2 Å². The third-order valence-electron chi connectivity index (χ3n) is 3.42. The van der Waals surface area contributed by atoms with Gasteiger partial charge in [-0.15, -0.1) is 5.10 Å². The number of fused-ring (bicyclic) bond motifs is 1. The molecule has 1 N–H and O–H groups in total. The standard InChI is InChI=1S/C17H11FN4OS/c18-13-8-4-7-12(9-13)15(23)20-16-21-22-10-14(19-17(22)24-16)11-5-2-1-3-6-11/h1-10H,(H,20,21,23). The van der Waals surface area contributed by atoms with Crippen LogP contribution in [0.2, 0.25) is 0 Å². The second kappa shape index (κ2) is 5.86. The highest BCUT2D eigenvalue weighted by Crippen LogP contribution is 2.24. The first-order valence-electron chi connectivity index (χ1n) is 7.17. The molecule has 1 amide bonds. The van der Waals surface area contributed by atoms with E-state index in [9.17, 15) is 9.18 Å². The van der Waals surface area contributed by atoms with E-state index >= 15 is 0 Å². The Balaban J connectivity index is 1.58. The summed E-state index contributed by atoms with van der Waals surface area (Å²) in [6, 6.07) is 15.3. The lowest BCUT2D eigenvalue weighted by Gasteiger charge is -2.00. The van der Waals surface area contributed by atoms with Crippen LogP contribution in [0.3, 0.4) is 0 Å². The summed E-state index contributed by atoms with van der Waals surface area (Å²) in [6.07, 6.45) is 1.80. The number of halogens is 1. The van der Waals surface area contributed by atoms with Crippen LogP contribution in [0.25, 0.3) is 16.2 Å². The fourth-order valence-corrected chi connectivity index (χ4v) is 3.07. The predicted octanol–water partition coefficient (Wildman–Crippen LogP) is 3.85. The van der Waals surface area contributed by atoms with Crippen LogP contribution in [-0.4, -0.2) is 20.5 Å². The molecule has 118 valence electrons.